The first-order valence-corrected chi connectivity index (χ1v) is 10.5. The Labute approximate surface area is 193 Å². The Balaban J connectivity index is 2.12. The van der Waals surface area contributed by atoms with Crippen molar-refractivity contribution in [3.8, 4) is 22.7 Å². The van der Waals surface area contributed by atoms with Crippen molar-refractivity contribution in [3.05, 3.63) is 74.1 Å². The van der Waals surface area contributed by atoms with E-state index in [2.05, 4.69) is 5.10 Å². The first kappa shape index (κ1) is 21.9. The zero-order chi connectivity index (χ0) is 23.2. The van der Waals surface area contributed by atoms with E-state index in [4.69, 9.17) is 27.9 Å². The van der Waals surface area contributed by atoms with E-state index < -0.39 is 11.4 Å². The number of aromatic nitrogens is 3. The SMILES string of the molecule is CCn1c(C)c(-n2ncc3ccc(OC)cc32)c(=O)c(C(=O)O)c1-c1ccc(Cl)c(Cl)c1. The number of pyridine rings is 1. The summed E-state index contributed by atoms with van der Waals surface area (Å²) in [5.74, 6) is -0.743. The smallest absolute Gasteiger partial charge is 0.341 e. The number of carboxylic acid groups (broad SMARTS) is 1. The van der Waals surface area contributed by atoms with Gasteiger partial charge in [-0.1, -0.05) is 29.3 Å². The lowest BCUT2D eigenvalue weighted by atomic mass is 10.0. The Kier molecular flexibility index (Phi) is 5.71. The molecule has 2 aromatic carbocycles. The maximum atomic E-state index is 13.6. The number of hydrogen-bond donors (Lipinski definition) is 1. The van der Waals surface area contributed by atoms with Gasteiger partial charge in [-0.15, -0.1) is 0 Å². The van der Waals surface area contributed by atoms with Crippen LogP contribution in [-0.4, -0.2) is 32.5 Å². The highest BCUT2D eigenvalue weighted by molar-refractivity contribution is 6.42. The minimum absolute atomic E-state index is 0.163. The molecule has 7 nitrogen and oxygen atoms in total. The maximum absolute atomic E-state index is 13.6. The predicted octanol–water partition coefficient (Wildman–Crippen LogP) is 5.20. The molecule has 0 amide bonds. The Morgan fingerprint density at radius 3 is 2.53 bits per heavy atom. The quantitative estimate of drug-likeness (QED) is 0.432. The van der Waals surface area contributed by atoms with Gasteiger partial charge in [0.15, 0.2) is 0 Å². The van der Waals surface area contributed by atoms with Gasteiger partial charge in [-0.3, -0.25) is 4.79 Å². The van der Waals surface area contributed by atoms with Gasteiger partial charge in [-0.2, -0.15) is 5.10 Å². The van der Waals surface area contributed by atoms with Crippen LogP contribution in [0.5, 0.6) is 5.75 Å². The van der Waals surface area contributed by atoms with Gasteiger partial charge in [0.1, 0.15) is 17.0 Å². The molecule has 0 spiro atoms. The molecular formula is C23H19Cl2N3O4. The molecule has 164 valence electrons. The van der Waals surface area contributed by atoms with Crippen molar-refractivity contribution in [1.29, 1.82) is 0 Å². The first-order chi connectivity index (χ1) is 15.3. The van der Waals surface area contributed by atoms with Crippen LogP contribution in [0.15, 0.2) is 47.4 Å². The fraction of sp³-hybridized carbons (Fsp3) is 0.174. The molecule has 0 aliphatic heterocycles. The number of nitrogens with zero attached hydrogens (tertiary/aromatic N) is 3. The number of ether oxygens (including phenoxy) is 1. The molecule has 0 bridgehead atoms. The number of halogens is 2. The first-order valence-electron chi connectivity index (χ1n) is 9.76. The van der Waals surface area contributed by atoms with Crippen LogP contribution in [0.2, 0.25) is 10.0 Å². The van der Waals surface area contributed by atoms with Crippen molar-refractivity contribution in [2.75, 3.05) is 7.11 Å². The number of rotatable bonds is 5. The molecule has 9 heteroatoms. The van der Waals surface area contributed by atoms with Crippen molar-refractivity contribution < 1.29 is 14.6 Å². The average Bonchev–Trinajstić information content (AvgIpc) is 3.18. The lowest BCUT2D eigenvalue weighted by Crippen LogP contribution is -2.28. The zero-order valence-corrected chi connectivity index (χ0v) is 19.0. The molecule has 32 heavy (non-hydrogen) atoms. The molecule has 2 heterocycles. The number of carboxylic acids is 1. The topological polar surface area (TPSA) is 86.4 Å². The molecule has 2 aromatic heterocycles. The lowest BCUT2D eigenvalue weighted by molar-refractivity contribution is 0.0695. The van der Waals surface area contributed by atoms with Crippen LogP contribution >= 0.6 is 23.2 Å². The summed E-state index contributed by atoms with van der Waals surface area (Å²) in [4.78, 5) is 25.9. The molecule has 0 saturated carbocycles. The van der Waals surface area contributed by atoms with Crippen molar-refractivity contribution in [1.82, 2.24) is 14.3 Å². The number of hydrogen-bond acceptors (Lipinski definition) is 4. The van der Waals surface area contributed by atoms with Gasteiger partial charge in [-0.05, 0) is 38.1 Å². The fourth-order valence-corrected chi connectivity index (χ4v) is 4.21. The highest BCUT2D eigenvalue weighted by Gasteiger charge is 2.27. The van der Waals surface area contributed by atoms with Gasteiger partial charge in [0, 0.05) is 29.3 Å². The van der Waals surface area contributed by atoms with Crippen LogP contribution in [0.25, 0.3) is 27.8 Å². The highest BCUT2D eigenvalue weighted by atomic mass is 35.5. The van der Waals surface area contributed by atoms with Gasteiger partial charge in [0.2, 0.25) is 5.43 Å². The lowest BCUT2D eigenvalue weighted by Gasteiger charge is -2.21. The van der Waals surface area contributed by atoms with E-state index in [1.54, 1.807) is 55.1 Å². The zero-order valence-electron chi connectivity index (χ0n) is 17.5. The summed E-state index contributed by atoms with van der Waals surface area (Å²) in [6, 6.07) is 10.2. The van der Waals surface area contributed by atoms with Crippen molar-refractivity contribution >= 4 is 40.1 Å². The van der Waals surface area contributed by atoms with E-state index in [-0.39, 0.29) is 22.0 Å². The summed E-state index contributed by atoms with van der Waals surface area (Å²) >= 11 is 12.2. The monoisotopic (exact) mass is 471 g/mol. The second kappa shape index (κ2) is 8.33. The highest BCUT2D eigenvalue weighted by Crippen LogP contribution is 2.32. The van der Waals surface area contributed by atoms with E-state index in [1.807, 2.05) is 13.0 Å². The van der Waals surface area contributed by atoms with Crippen molar-refractivity contribution in [2.45, 2.75) is 20.4 Å². The third-order valence-electron chi connectivity index (χ3n) is 5.41. The molecule has 0 atom stereocenters. The molecule has 0 unspecified atom stereocenters. The normalized spacial score (nSPS) is 11.2. The average molecular weight is 472 g/mol. The second-order valence-corrected chi connectivity index (χ2v) is 7.96. The standard InChI is InChI=1S/C23H19Cl2N3O4/c1-4-27-12(2)20(28-18-10-15(32-3)7-5-14(18)11-26-28)22(29)19(23(30)31)21(27)13-6-8-16(24)17(25)9-13/h5-11H,4H2,1-3H3,(H,30,31). The van der Waals surface area contributed by atoms with E-state index in [9.17, 15) is 14.7 Å². The molecule has 0 aliphatic carbocycles. The largest absolute Gasteiger partial charge is 0.497 e. The van der Waals surface area contributed by atoms with Crippen LogP contribution < -0.4 is 10.2 Å². The van der Waals surface area contributed by atoms with Crippen LogP contribution in [0.1, 0.15) is 23.0 Å². The number of fused-ring (bicyclic) bond motifs is 1. The molecule has 0 radical (unpaired) electrons. The fourth-order valence-electron chi connectivity index (χ4n) is 3.91. The van der Waals surface area contributed by atoms with Gasteiger partial charge < -0.3 is 14.4 Å². The molecular weight excluding hydrogens is 453 g/mol. The number of benzene rings is 2. The van der Waals surface area contributed by atoms with Crippen LogP contribution in [0.3, 0.4) is 0 Å². The van der Waals surface area contributed by atoms with E-state index in [1.165, 1.54) is 4.68 Å². The molecule has 0 aliphatic rings. The minimum atomic E-state index is -1.34. The third-order valence-corrected chi connectivity index (χ3v) is 6.15. The molecule has 0 fully saturated rings. The summed E-state index contributed by atoms with van der Waals surface area (Å²) in [5, 5.41) is 15.8. The molecule has 4 aromatic rings. The Hall–Kier alpha value is -3.29. The summed E-state index contributed by atoms with van der Waals surface area (Å²) in [6.45, 7) is 4.05. The van der Waals surface area contributed by atoms with Gasteiger partial charge in [-0.25, -0.2) is 9.48 Å². The van der Waals surface area contributed by atoms with Gasteiger partial charge in [0.05, 0.1) is 34.6 Å². The van der Waals surface area contributed by atoms with Gasteiger partial charge in [0.25, 0.3) is 0 Å². The second-order valence-electron chi connectivity index (χ2n) is 7.15. The summed E-state index contributed by atoms with van der Waals surface area (Å²) in [6.07, 6.45) is 1.62. The Morgan fingerprint density at radius 2 is 1.91 bits per heavy atom. The van der Waals surface area contributed by atoms with Crippen molar-refractivity contribution in [3.63, 3.8) is 0 Å². The summed E-state index contributed by atoms with van der Waals surface area (Å²) in [5.41, 5.74) is 1.10. The molecule has 1 N–H and O–H groups in total. The Bertz CT molecular complexity index is 1440. The number of aromatic carboxylic acids is 1. The van der Waals surface area contributed by atoms with Crippen LogP contribution in [0.4, 0.5) is 0 Å². The number of methoxy groups -OCH3 is 1. The minimum Gasteiger partial charge on any atom is -0.497 e. The predicted molar refractivity (Wildman–Crippen MR) is 125 cm³/mol. The summed E-state index contributed by atoms with van der Waals surface area (Å²) < 4.78 is 8.54. The molecule has 0 saturated heterocycles. The van der Waals surface area contributed by atoms with Crippen LogP contribution in [0, 0.1) is 6.92 Å². The van der Waals surface area contributed by atoms with E-state index >= 15 is 0 Å². The molecule has 4 rings (SSSR count). The number of carbonyl (C=O) groups is 1. The maximum Gasteiger partial charge on any atom is 0.341 e. The Morgan fingerprint density at radius 1 is 1.16 bits per heavy atom. The van der Waals surface area contributed by atoms with Crippen LogP contribution in [-0.2, 0) is 6.54 Å². The third kappa shape index (κ3) is 3.43. The van der Waals surface area contributed by atoms with Gasteiger partial charge >= 0.3 is 5.97 Å². The van der Waals surface area contributed by atoms with E-state index in [0.717, 1.165) is 5.39 Å². The summed E-state index contributed by atoms with van der Waals surface area (Å²) in [7, 11) is 1.55. The van der Waals surface area contributed by atoms with Crippen molar-refractivity contribution in [2.24, 2.45) is 0 Å². The van der Waals surface area contributed by atoms with E-state index in [0.29, 0.717) is 34.1 Å².